The van der Waals surface area contributed by atoms with E-state index in [-0.39, 0.29) is 17.7 Å². The van der Waals surface area contributed by atoms with Crippen LogP contribution in [0, 0.1) is 5.92 Å². The molecule has 2 aliphatic heterocycles. The van der Waals surface area contributed by atoms with Gasteiger partial charge in [0, 0.05) is 39.3 Å². The number of likely N-dealkylation sites (tertiary alicyclic amines) is 2. The van der Waals surface area contributed by atoms with Gasteiger partial charge in [0.25, 0.3) is 5.91 Å². The zero-order chi connectivity index (χ0) is 18.4. The van der Waals surface area contributed by atoms with Crippen LogP contribution in [0.4, 0.5) is 0 Å². The third kappa shape index (κ3) is 4.65. The van der Waals surface area contributed by atoms with Gasteiger partial charge in [-0.1, -0.05) is 0 Å². The number of hydrogen-bond acceptors (Lipinski definition) is 5. The normalized spacial score (nSPS) is 22.3. The van der Waals surface area contributed by atoms with Gasteiger partial charge in [-0.2, -0.15) is 0 Å². The molecule has 144 valence electrons. The van der Waals surface area contributed by atoms with Crippen molar-refractivity contribution in [2.45, 2.75) is 31.7 Å². The number of nitrogens with zero attached hydrogens (tertiary/aromatic N) is 2. The lowest BCUT2D eigenvalue weighted by atomic mass is 9.93. The second kappa shape index (κ2) is 9.19. The number of carbonyl (C=O) groups is 2. The Labute approximate surface area is 154 Å². The lowest BCUT2D eigenvalue weighted by molar-refractivity contribution is -0.127. The minimum atomic E-state index is -0.0255. The van der Waals surface area contributed by atoms with Crippen molar-refractivity contribution in [2.24, 2.45) is 5.92 Å². The molecule has 2 saturated heterocycles. The highest BCUT2D eigenvalue weighted by atomic mass is 16.5. The van der Waals surface area contributed by atoms with Crippen LogP contribution in [0.2, 0.25) is 0 Å². The number of carbonyl (C=O) groups excluding carboxylic acids is 2. The van der Waals surface area contributed by atoms with Crippen molar-refractivity contribution < 1.29 is 18.7 Å². The van der Waals surface area contributed by atoms with Gasteiger partial charge in [0.05, 0.1) is 18.8 Å². The minimum absolute atomic E-state index is 0.0255. The van der Waals surface area contributed by atoms with Gasteiger partial charge in [0.15, 0.2) is 5.76 Å². The lowest BCUT2D eigenvalue weighted by Gasteiger charge is -2.41. The Kier molecular flexibility index (Phi) is 6.68. The summed E-state index contributed by atoms with van der Waals surface area (Å²) < 4.78 is 10.2. The molecule has 7 heteroatoms. The minimum Gasteiger partial charge on any atom is -0.459 e. The van der Waals surface area contributed by atoms with Crippen LogP contribution >= 0.6 is 0 Å². The Morgan fingerprint density at radius 1 is 1.27 bits per heavy atom. The van der Waals surface area contributed by atoms with E-state index in [1.807, 2.05) is 4.90 Å². The third-order valence-electron chi connectivity index (χ3n) is 5.43. The number of amides is 2. The molecule has 7 nitrogen and oxygen atoms in total. The zero-order valence-corrected chi connectivity index (χ0v) is 15.5. The van der Waals surface area contributed by atoms with E-state index in [0.717, 1.165) is 51.9 Å². The van der Waals surface area contributed by atoms with Gasteiger partial charge in [0.2, 0.25) is 5.91 Å². The van der Waals surface area contributed by atoms with E-state index in [1.54, 1.807) is 19.2 Å². The fourth-order valence-corrected chi connectivity index (χ4v) is 3.96. The zero-order valence-electron chi connectivity index (χ0n) is 15.5. The van der Waals surface area contributed by atoms with Crippen LogP contribution in [0.15, 0.2) is 22.8 Å². The first kappa shape index (κ1) is 18.9. The van der Waals surface area contributed by atoms with Crippen molar-refractivity contribution in [3.63, 3.8) is 0 Å². The van der Waals surface area contributed by atoms with Crippen molar-refractivity contribution in [2.75, 3.05) is 46.4 Å². The number of hydrogen-bond donors (Lipinski definition) is 1. The van der Waals surface area contributed by atoms with Crippen molar-refractivity contribution in [3.8, 4) is 0 Å². The van der Waals surface area contributed by atoms with Crippen molar-refractivity contribution in [1.82, 2.24) is 15.1 Å². The Morgan fingerprint density at radius 3 is 2.77 bits per heavy atom. The molecule has 0 bridgehead atoms. The van der Waals surface area contributed by atoms with Crippen LogP contribution in [-0.4, -0.2) is 74.1 Å². The summed E-state index contributed by atoms with van der Waals surface area (Å²) >= 11 is 0. The van der Waals surface area contributed by atoms with Gasteiger partial charge in [0.1, 0.15) is 0 Å². The van der Waals surface area contributed by atoms with Crippen molar-refractivity contribution in [1.29, 1.82) is 0 Å². The van der Waals surface area contributed by atoms with Crippen LogP contribution in [0.1, 0.15) is 36.2 Å². The standard InChI is InChI=1S/C19H29N3O4/c1-25-13-8-20-18(23)15-4-2-9-22(14-15)16-6-10-21(11-7-16)19(24)17-5-3-12-26-17/h3,5,12,15-16H,2,4,6-11,13-14H2,1H3,(H,20,23)/t15-/m1/s1. The molecule has 0 aromatic carbocycles. The predicted molar refractivity (Wildman–Crippen MR) is 96.8 cm³/mol. The van der Waals surface area contributed by atoms with E-state index in [0.29, 0.717) is 25.0 Å². The van der Waals surface area contributed by atoms with Gasteiger partial charge in [-0.05, 0) is 44.4 Å². The molecule has 2 amide bonds. The summed E-state index contributed by atoms with van der Waals surface area (Å²) in [6, 6.07) is 3.91. The number of piperidine rings is 2. The summed E-state index contributed by atoms with van der Waals surface area (Å²) in [6.45, 7) is 4.45. The first-order valence-corrected chi connectivity index (χ1v) is 9.52. The number of rotatable bonds is 6. The van der Waals surface area contributed by atoms with E-state index in [1.165, 1.54) is 6.26 Å². The van der Waals surface area contributed by atoms with E-state index in [2.05, 4.69) is 10.2 Å². The van der Waals surface area contributed by atoms with E-state index in [9.17, 15) is 9.59 Å². The molecule has 1 atom stereocenters. The highest BCUT2D eigenvalue weighted by molar-refractivity contribution is 5.91. The first-order valence-electron chi connectivity index (χ1n) is 9.52. The predicted octanol–water partition coefficient (Wildman–Crippen LogP) is 1.36. The fraction of sp³-hybridized carbons (Fsp3) is 0.684. The monoisotopic (exact) mass is 363 g/mol. The molecule has 1 aromatic rings. The summed E-state index contributed by atoms with van der Waals surface area (Å²) in [5.74, 6) is 0.581. The number of methoxy groups -OCH3 is 1. The highest BCUT2D eigenvalue weighted by Crippen LogP contribution is 2.24. The average Bonchev–Trinajstić information content (AvgIpc) is 3.22. The molecule has 0 spiro atoms. The highest BCUT2D eigenvalue weighted by Gasteiger charge is 2.32. The SMILES string of the molecule is COCCNC(=O)[C@@H]1CCCN(C2CCN(C(=O)c3ccco3)CC2)C1. The van der Waals surface area contributed by atoms with Crippen LogP contribution < -0.4 is 5.32 Å². The summed E-state index contributed by atoms with van der Waals surface area (Å²) in [5.41, 5.74) is 0. The second-order valence-electron chi connectivity index (χ2n) is 7.12. The maximum atomic E-state index is 12.4. The molecule has 26 heavy (non-hydrogen) atoms. The number of ether oxygens (including phenoxy) is 1. The number of nitrogens with one attached hydrogen (secondary N) is 1. The van der Waals surface area contributed by atoms with Crippen molar-refractivity contribution >= 4 is 11.8 Å². The molecule has 0 unspecified atom stereocenters. The summed E-state index contributed by atoms with van der Waals surface area (Å²) in [4.78, 5) is 29.0. The molecule has 0 radical (unpaired) electrons. The molecule has 0 saturated carbocycles. The summed E-state index contributed by atoms with van der Waals surface area (Å²) in [6.07, 6.45) is 5.43. The average molecular weight is 363 g/mol. The molecule has 3 rings (SSSR count). The van der Waals surface area contributed by atoms with Gasteiger partial charge in [-0.3, -0.25) is 14.5 Å². The molecule has 1 N–H and O–H groups in total. The summed E-state index contributed by atoms with van der Waals surface area (Å²) in [7, 11) is 1.64. The Morgan fingerprint density at radius 2 is 2.08 bits per heavy atom. The van der Waals surface area contributed by atoms with Crippen LogP contribution in [-0.2, 0) is 9.53 Å². The van der Waals surface area contributed by atoms with Crippen LogP contribution in [0.3, 0.4) is 0 Å². The smallest absolute Gasteiger partial charge is 0.289 e. The molecule has 2 aliphatic rings. The quantitative estimate of drug-likeness (QED) is 0.773. The molecule has 3 heterocycles. The van der Waals surface area contributed by atoms with E-state index in [4.69, 9.17) is 9.15 Å². The second-order valence-corrected chi connectivity index (χ2v) is 7.12. The van der Waals surface area contributed by atoms with Gasteiger partial charge < -0.3 is 19.4 Å². The molecular weight excluding hydrogens is 334 g/mol. The van der Waals surface area contributed by atoms with Gasteiger partial charge >= 0.3 is 0 Å². The Bertz CT molecular complexity index is 582. The first-order chi connectivity index (χ1) is 12.7. The molecular formula is C19H29N3O4. The Hall–Kier alpha value is -1.86. The molecule has 1 aromatic heterocycles. The number of furan rings is 1. The van der Waals surface area contributed by atoms with Crippen LogP contribution in [0.5, 0.6) is 0 Å². The largest absolute Gasteiger partial charge is 0.459 e. The molecule has 2 fully saturated rings. The maximum absolute atomic E-state index is 12.4. The Balaban J connectivity index is 1.46. The summed E-state index contributed by atoms with van der Waals surface area (Å²) in [5, 5.41) is 2.96. The molecule has 0 aliphatic carbocycles. The van der Waals surface area contributed by atoms with Gasteiger partial charge in [-0.25, -0.2) is 0 Å². The van der Waals surface area contributed by atoms with Crippen LogP contribution in [0.25, 0.3) is 0 Å². The third-order valence-corrected chi connectivity index (χ3v) is 5.43. The topological polar surface area (TPSA) is 75.0 Å². The maximum Gasteiger partial charge on any atom is 0.289 e. The fourth-order valence-electron chi connectivity index (χ4n) is 3.96. The van der Waals surface area contributed by atoms with Crippen molar-refractivity contribution in [3.05, 3.63) is 24.2 Å². The van der Waals surface area contributed by atoms with E-state index >= 15 is 0 Å². The van der Waals surface area contributed by atoms with Gasteiger partial charge in [-0.15, -0.1) is 0 Å². The lowest BCUT2D eigenvalue weighted by Crippen LogP contribution is -2.51. The van der Waals surface area contributed by atoms with E-state index < -0.39 is 0 Å².